The third-order valence-electron chi connectivity index (χ3n) is 3.12. The van der Waals surface area contributed by atoms with Crippen molar-refractivity contribution in [3.63, 3.8) is 0 Å². The average molecular weight is 214 g/mol. The zero-order valence-corrected chi connectivity index (χ0v) is 8.51. The van der Waals surface area contributed by atoms with Gasteiger partial charge >= 0.3 is 11.9 Å². The van der Waals surface area contributed by atoms with Gasteiger partial charge in [-0.1, -0.05) is 0 Å². The van der Waals surface area contributed by atoms with Gasteiger partial charge in [-0.05, 0) is 19.8 Å². The van der Waals surface area contributed by atoms with E-state index in [9.17, 15) is 9.59 Å². The fourth-order valence-electron chi connectivity index (χ4n) is 2.53. The summed E-state index contributed by atoms with van der Waals surface area (Å²) in [5.74, 6) is -2.72. The SMILES string of the molecule is CCOC(=O)C1C(C(=O)O)[C@H]2CC[C@@H]1O2. The van der Waals surface area contributed by atoms with Gasteiger partial charge in [-0.15, -0.1) is 0 Å². The van der Waals surface area contributed by atoms with Crippen molar-refractivity contribution in [2.45, 2.75) is 32.0 Å². The number of aliphatic carboxylic acids is 1. The molecule has 0 spiro atoms. The number of hydrogen-bond donors (Lipinski definition) is 1. The van der Waals surface area contributed by atoms with Gasteiger partial charge in [0.25, 0.3) is 0 Å². The third-order valence-corrected chi connectivity index (χ3v) is 3.12. The Kier molecular flexibility index (Phi) is 2.65. The van der Waals surface area contributed by atoms with Crippen LogP contribution in [-0.2, 0) is 19.1 Å². The summed E-state index contributed by atoms with van der Waals surface area (Å²) in [7, 11) is 0. The lowest BCUT2D eigenvalue weighted by Crippen LogP contribution is -2.39. The number of carboxylic acids is 1. The third kappa shape index (κ3) is 1.61. The quantitative estimate of drug-likeness (QED) is 0.689. The van der Waals surface area contributed by atoms with Gasteiger partial charge in [0.05, 0.1) is 30.7 Å². The average Bonchev–Trinajstić information content (AvgIpc) is 2.76. The molecule has 2 aliphatic rings. The predicted molar refractivity (Wildman–Crippen MR) is 49.1 cm³/mol. The van der Waals surface area contributed by atoms with Crippen LogP contribution in [0.15, 0.2) is 0 Å². The second-order valence-electron chi connectivity index (χ2n) is 3.93. The molecule has 0 aromatic carbocycles. The zero-order valence-electron chi connectivity index (χ0n) is 8.51. The monoisotopic (exact) mass is 214 g/mol. The van der Waals surface area contributed by atoms with Crippen LogP contribution in [0.25, 0.3) is 0 Å². The van der Waals surface area contributed by atoms with Crippen molar-refractivity contribution in [2.75, 3.05) is 6.61 Å². The second kappa shape index (κ2) is 3.81. The topological polar surface area (TPSA) is 72.8 Å². The molecule has 2 fully saturated rings. The van der Waals surface area contributed by atoms with Gasteiger partial charge in [0, 0.05) is 0 Å². The highest BCUT2D eigenvalue weighted by molar-refractivity contribution is 5.83. The fourth-order valence-corrected chi connectivity index (χ4v) is 2.53. The summed E-state index contributed by atoms with van der Waals surface area (Å²) in [5, 5.41) is 9.04. The maximum absolute atomic E-state index is 11.6. The predicted octanol–water partition coefficient (Wildman–Crippen LogP) is 0.428. The van der Waals surface area contributed by atoms with Crippen LogP contribution < -0.4 is 0 Å². The first-order valence-corrected chi connectivity index (χ1v) is 5.20. The summed E-state index contributed by atoms with van der Waals surface area (Å²) in [5.41, 5.74) is 0. The highest BCUT2D eigenvalue weighted by atomic mass is 16.5. The van der Waals surface area contributed by atoms with Gasteiger partial charge in [0.1, 0.15) is 0 Å². The number of hydrogen-bond acceptors (Lipinski definition) is 4. The van der Waals surface area contributed by atoms with Crippen molar-refractivity contribution in [1.82, 2.24) is 0 Å². The molecule has 0 aromatic heterocycles. The number of carboxylic acid groups (broad SMARTS) is 1. The molecule has 5 heteroatoms. The molecule has 15 heavy (non-hydrogen) atoms. The van der Waals surface area contributed by atoms with E-state index in [2.05, 4.69) is 0 Å². The van der Waals surface area contributed by atoms with Crippen molar-refractivity contribution in [3.8, 4) is 0 Å². The van der Waals surface area contributed by atoms with Gasteiger partial charge in [-0.25, -0.2) is 0 Å². The minimum Gasteiger partial charge on any atom is -0.481 e. The number of ether oxygens (including phenoxy) is 2. The molecule has 2 aliphatic heterocycles. The molecule has 2 heterocycles. The summed E-state index contributed by atoms with van der Waals surface area (Å²) < 4.78 is 10.3. The van der Waals surface area contributed by atoms with Crippen LogP contribution in [0.4, 0.5) is 0 Å². The Morgan fingerprint density at radius 2 is 1.93 bits per heavy atom. The first-order valence-electron chi connectivity index (χ1n) is 5.20. The summed E-state index contributed by atoms with van der Waals surface area (Å²) in [4.78, 5) is 22.6. The van der Waals surface area contributed by atoms with Crippen molar-refractivity contribution >= 4 is 11.9 Å². The Labute approximate surface area is 87.4 Å². The molecule has 2 rings (SSSR count). The number of esters is 1. The van der Waals surface area contributed by atoms with Gasteiger partial charge < -0.3 is 14.6 Å². The Bertz CT molecular complexity index is 288. The molecule has 5 nitrogen and oxygen atoms in total. The van der Waals surface area contributed by atoms with E-state index in [4.69, 9.17) is 14.6 Å². The van der Waals surface area contributed by atoms with Crippen molar-refractivity contribution in [1.29, 1.82) is 0 Å². The van der Waals surface area contributed by atoms with Crippen LogP contribution >= 0.6 is 0 Å². The lowest BCUT2D eigenvalue weighted by Gasteiger charge is -2.22. The zero-order chi connectivity index (χ0) is 11.0. The molecule has 4 atom stereocenters. The summed E-state index contributed by atoms with van der Waals surface area (Å²) >= 11 is 0. The minimum absolute atomic E-state index is 0.254. The van der Waals surface area contributed by atoms with E-state index in [1.165, 1.54) is 0 Å². The van der Waals surface area contributed by atoms with Crippen LogP contribution in [-0.4, -0.2) is 35.9 Å². The number of carbonyl (C=O) groups is 2. The molecule has 84 valence electrons. The summed E-state index contributed by atoms with van der Waals surface area (Å²) in [6.07, 6.45) is 0.937. The molecule has 0 radical (unpaired) electrons. The maximum atomic E-state index is 11.6. The molecule has 2 unspecified atom stereocenters. The van der Waals surface area contributed by atoms with E-state index >= 15 is 0 Å². The molecule has 1 N–H and O–H groups in total. The van der Waals surface area contributed by atoms with Crippen LogP contribution in [0.3, 0.4) is 0 Å². The Morgan fingerprint density at radius 3 is 2.47 bits per heavy atom. The van der Waals surface area contributed by atoms with Gasteiger partial charge in [0.15, 0.2) is 0 Å². The normalized spacial score (nSPS) is 37.9. The number of rotatable bonds is 3. The first-order chi connectivity index (χ1) is 7.15. The molecule has 2 bridgehead atoms. The molecule has 0 amide bonds. The molecular weight excluding hydrogens is 200 g/mol. The Morgan fingerprint density at radius 1 is 1.33 bits per heavy atom. The van der Waals surface area contributed by atoms with Crippen LogP contribution in [0, 0.1) is 11.8 Å². The van der Waals surface area contributed by atoms with E-state index in [0.717, 1.165) is 12.8 Å². The summed E-state index contributed by atoms with van der Waals surface area (Å²) in [6.45, 7) is 1.99. The van der Waals surface area contributed by atoms with E-state index in [1.54, 1.807) is 6.92 Å². The molecule has 0 aliphatic carbocycles. The lowest BCUT2D eigenvalue weighted by atomic mass is 9.79. The van der Waals surface area contributed by atoms with Crippen molar-refractivity contribution in [2.24, 2.45) is 11.8 Å². The van der Waals surface area contributed by atoms with Crippen LogP contribution in [0.1, 0.15) is 19.8 Å². The number of fused-ring (bicyclic) bond motifs is 2. The number of carbonyl (C=O) groups excluding carboxylic acids is 1. The first kappa shape index (κ1) is 10.4. The minimum atomic E-state index is -0.958. The van der Waals surface area contributed by atoms with Crippen molar-refractivity contribution < 1.29 is 24.2 Å². The Hall–Kier alpha value is -1.10. The smallest absolute Gasteiger partial charge is 0.312 e. The maximum Gasteiger partial charge on any atom is 0.312 e. The second-order valence-corrected chi connectivity index (χ2v) is 3.93. The van der Waals surface area contributed by atoms with E-state index in [-0.39, 0.29) is 18.8 Å². The lowest BCUT2D eigenvalue weighted by molar-refractivity contribution is -0.157. The summed E-state index contributed by atoms with van der Waals surface area (Å²) in [6, 6.07) is 0. The van der Waals surface area contributed by atoms with Gasteiger partial charge in [-0.3, -0.25) is 9.59 Å². The highest BCUT2D eigenvalue weighted by Crippen LogP contribution is 2.44. The molecule has 0 aromatic rings. The van der Waals surface area contributed by atoms with E-state index in [1.807, 2.05) is 0 Å². The van der Waals surface area contributed by atoms with Crippen molar-refractivity contribution in [3.05, 3.63) is 0 Å². The molecule has 2 saturated heterocycles. The van der Waals surface area contributed by atoms with E-state index < -0.39 is 23.8 Å². The van der Waals surface area contributed by atoms with Gasteiger partial charge in [0.2, 0.25) is 0 Å². The largest absolute Gasteiger partial charge is 0.481 e. The molecule has 0 saturated carbocycles. The fraction of sp³-hybridized carbons (Fsp3) is 0.800. The standard InChI is InChI=1S/C10H14O5/c1-2-14-10(13)8-6-4-3-5(15-6)7(8)9(11)12/h5-8H,2-4H2,1H3,(H,11,12)/t5-,6+,7?,8?/m1/s1. The Balaban J connectivity index is 2.14. The van der Waals surface area contributed by atoms with Crippen LogP contribution in [0.5, 0.6) is 0 Å². The molecular formula is C10H14O5. The van der Waals surface area contributed by atoms with E-state index in [0.29, 0.717) is 0 Å². The van der Waals surface area contributed by atoms with Crippen LogP contribution in [0.2, 0.25) is 0 Å². The van der Waals surface area contributed by atoms with Gasteiger partial charge in [-0.2, -0.15) is 0 Å². The highest BCUT2D eigenvalue weighted by Gasteiger charge is 2.56.